The van der Waals surface area contributed by atoms with E-state index in [1.807, 2.05) is 54.7 Å². The van der Waals surface area contributed by atoms with Crippen molar-refractivity contribution in [2.45, 2.75) is 19.0 Å². The molecule has 1 aliphatic rings. The minimum absolute atomic E-state index is 0.0994. The highest BCUT2D eigenvalue weighted by Crippen LogP contribution is 2.24. The van der Waals surface area contributed by atoms with Crippen molar-refractivity contribution in [3.8, 4) is 16.9 Å². The fraction of sp³-hybridized carbons (Fsp3) is 0.192. The first kappa shape index (κ1) is 20.2. The summed E-state index contributed by atoms with van der Waals surface area (Å²) in [4.78, 5) is 19.9. The maximum absolute atomic E-state index is 13.3. The van der Waals surface area contributed by atoms with Gasteiger partial charge in [0.2, 0.25) is 0 Å². The van der Waals surface area contributed by atoms with Crippen molar-refractivity contribution in [2.75, 3.05) is 13.1 Å². The van der Waals surface area contributed by atoms with E-state index < -0.39 is 0 Å². The van der Waals surface area contributed by atoms with Gasteiger partial charge in [0.1, 0.15) is 5.69 Å². The van der Waals surface area contributed by atoms with Gasteiger partial charge in [0.15, 0.2) is 0 Å². The van der Waals surface area contributed by atoms with Crippen molar-refractivity contribution in [3.05, 3.63) is 103 Å². The molecule has 3 heterocycles. The summed E-state index contributed by atoms with van der Waals surface area (Å²) in [6.07, 6.45) is 6.21. The first-order valence-electron chi connectivity index (χ1n) is 10.9. The van der Waals surface area contributed by atoms with Crippen LogP contribution in [0.25, 0.3) is 16.9 Å². The third kappa shape index (κ3) is 4.45. The van der Waals surface area contributed by atoms with Gasteiger partial charge >= 0.3 is 0 Å². The van der Waals surface area contributed by atoms with Gasteiger partial charge in [0, 0.05) is 49.8 Å². The number of rotatable bonds is 6. The van der Waals surface area contributed by atoms with Crippen molar-refractivity contribution in [1.82, 2.24) is 25.0 Å². The maximum Gasteiger partial charge on any atom is 0.255 e. The average molecular weight is 424 g/mol. The molecule has 0 spiro atoms. The van der Waals surface area contributed by atoms with E-state index in [1.54, 1.807) is 17.1 Å². The van der Waals surface area contributed by atoms with Crippen molar-refractivity contribution in [2.24, 2.45) is 0 Å². The van der Waals surface area contributed by atoms with Crippen molar-refractivity contribution >= 4 is 5.91 Å². The molecule has 0 aliphatic carbocycles. The average Bonchev–Trinajstić information content (AvgIpc) is 3.48. The zero-order valence-corrected chi connectivity index (χ0v) is 17.8. The highest BCUT2D eigenvalue weighted by molar-refractivity contribution is 6.00. The number of likely N-dealkylation sites (tertiary alicyclic amines) is 1. The normalized spacial score (nSPS) is 16.2. The van der Waals surface area contributed by atoms with Gasteiger partial charge in [-0.1, -0.05) is 48.5 Å². The lowest BCUT2D eigenvalue weighted by Gasteiger charge is -2.16. The number of hydrogen-bond donors (Lipinski definition) is 1. The van der Waals surface area contributed by atoms with Gasteiger partial charge in [-0.25, -0.2) is 4.68 Å². The number of benzene rings is 2. The molecule has 5 rings (SSSR count). The van der Waals surface area contributed by atoms with E-state index in [0.29, 0.717) is 11.3 Å². The Morgan fingerprint density at radius 3 is 2.53 bits per heavy atom. The summed E-state index contributed by atoms with van der Waals surface area (Å²) in [7, 11) is 0. The van der Waals surface area contributed by atoms with Crippen LogP contribution in [0.1, 0.15) is 22.3 Å². The Hall–Kier alpha value is -3.77. The molecule has 1 atom stereocenters. The zero-order chi connectivity index (χ0) is 21.8. The number of amides is 1. The minimum atomic E-state index is -0.0994. The van der Waals surface area contributed by atoms with Gasteiger partial charge in [0.05, 0.1) is 11.3 Å². The second-order valence-corrected chi connectivity index (χ2v) is 8.09. The third-order valence-electron chi connectivity index (χ3n) is 5.77. The molecular formula is C26H25N5O. The first-order valence-corrected chi connectivity index (χ1v) is 10.9. The molecular weight excluding hydrogens is 398 g/mol. The van der Waals surface area contributed by atoms with Crippen LogP contribution in [0.5, 0.6) is 0 Å². The summed E-state index contributed by atoms with van der Waals surface area (Å²) in [5.74, 6) is -0.0994. The van der Waals surface area contributed by atoms with Crippen LogP contribution in [0.2, 0.25) is 0 Å². The predicted octanol–water partition coefficient (Wildman–Crippen LogP) is 3.94. The summed E-state index contributed by atoms with van der Waals surface area (Å²) in [6.45, 7) is 2.72. The highest BCUT2D eigenvalue weighted by Gasteiger charge is 2.26. The van der Waals surface area contributed by atoms with Crippen LogP contribution < -0.4 is 5.32 Å². The van der Waals surface area contributed by atoms with E-state index in [0.717, 1.165) is 37.3 Å². The first-order chi connectivity index (χ1) is 15.8. The fourth-order valence-corrected chi connectivity index (χ4v) is 4.17. The number of hydrogen-bond acceptors (Lipinski definition) is 4. The zero-order valence-electron chi connectivity index (χ0n) is 17.8. The molecule has 6 nitrogen and oxygen atoms in total. The summed E-state index contributed by atoms with van der Waals surface area (Å²) in [6, 6.07) is 24.2. The number of para-hydroxylation sites is 1. The van der Waals surface area contributed by atoms with Gasteiger partial charge in [-0.15, -0.1) is 0 Å². The molecule has 32 heavy (non-hydrogen) atoms. The Labute approximate surface area is 187 Å². The molecule has 1 aliphatic heterocycles. The van der Waals surface area contributed by atoms with Gasteiger partial charge in [-0.05, 0) is 36.2 Å². The van der Waals surface area contributed by atoms with Crippen molar-refractivity contribution < 1.29 is 4.79 Å². The Morgan fingerprint density at radius 2 is 1.78 bits per heavy atom. The van der Waals surface area contributed by atoms with Crippen LogP contribution >= 0.6 is 0 Å². The van der Waals surface area contributed by atoms with Crippen LogP contribution in [0.4, 0.5) is 0 Å². The molecule has 1 fully saturated rings. The Morgan fingerprint density at radius 1 is 1.00 bits per heavy atom. The molecule has 1 saturated heterocycles. The molecule has 0 bridgehead atoms. The summed E-state index contributed by atoms with van der Waals surface area (Å²) < 4.78 is 1.76. The van der Waals surface area contributed by atoms with Gasteiger partial charge in [0.25, 0.3) is 5.91 Å². The van der Waals surface area contributed by atoms with E-state index >= 15 is 0 Å². The van der Waals surface area contributed by atoms with Crippen LogP contribution in [-0.2, 0) is 6.54 Å². The second kappa shape index (κ2) is 9.16. The monoisotopic (exact) mass is 423 g/mol. The topological polar surface area (TPSA) is 63.1 Å². The number of carbonyl (C=O) groups excluding carboxylic acids is 1. The van der Waals surface area contributed by atoms with E-state index in [4.69, 9.17) is 5.10 Å². The van der Waals surface area contributed by atoms with E-state index in [-0.39, 0.29) is 11.9 Å². The lowest BCUT2D eigenvalue weighted by molar-refractivity contribution is 0.0938. The smallest absolute Gasteiger partial charge is 0.255 e. The van der Waals surface area contributed by atoms with Gasteiger partial charge in [-0.3, -0.25) is 14.7 Å². The van der Waals surface area contributed by atoms with Crippen molar-refractivity contribution in [3.63, 3.8) is 0 Å². The SMILES string of the molecule is O=C(N[C@H]1CCN(Cc2ccccc2)C1)c1cn(-c2ccccc2)nc1-c1cccnc1. The van der Waals surface area contributed by atoms with Crippen LogP contribution in [0, 0.1) is 0 Å². The molecule has 6 heteroatoms. The fourth-order valence-electron chi connectivity index (χ4n) is 4.17. The molecule has 4 aromatic rings. The molecule has 0 radical (unpaired) electrons. The quantitative estimate of drug-likeness (QED) is 0.510. The van der Waals surface area contributed by atoms with E-state index in [9.17, 15) is 4.79 Å². The van der Waals surface area contributed by atoms with Crippen LogP contribution in [0.15, 0.2) is 91.4 Å². The van der Waals surface area contributed by atoms with Gasteiger partial charge < -0.3 is 5.32 Å². The van der Waals surface area contributed by atoms with Crippen molar-refractivity contribution in [1.29, 1.82) is 0 Å². The number of nitrogens with one attached hydrogen (secondary N) is 1. The Bertz CT molecular complexity index is 1170. The highest BCUT2D eigenvalue weighted by atomic mass is 16.1. The summed E-state index contributed by atoms with van der Waals surface area (Å²) in [5, 5.41) is 7.95. The van der Waals surface area contributed by atoms with Crippen LogP contribution in [-0.4, -0.2) is 44.7 Å². The minimum Gasteiger partial charge on any atom is -0.348 e. The second-order valence-electron chi connectivity index (χ2n) is 8.09. The maximum atomic E-state index is 13.3. The number of carbonyl (C=O) groups is 1. The predicted molar refractivity (Wildman–Crippen MR) is 124 cm³/mol. The Balaban J connectivity index is 1.34. The summed E-state index contributed by atoms with van der Waals surface area (Å²) >= 11 is 0. The molecule has 1 N–H and O–H groups in total. The molecule has 0 unspecified atom stereocenters. The van der Waals surface area contributed by atoms with Crippen LogP contribution in [0.3, 0.4) is 0 Å². The number of pyridine rings is 1. The number of nitrogens with zero attached hydrogens (tertiary/aromatic N) is 4. The molecule has 2 aromatic carbocycles. The molecule has 0 saturated carbocycles. The number of aromatic nitrogens is 3. The standard InChI is InChI=1S/C26H25N5O/c32-26(28-22-13-15-30(18-22)17-20-8-3-1-4-9-20)24-19-31(23-11-5-2-6-12-23)29-25(24)21-10-7-14-27-16-21/h1-12,14,16,19,22H,13,15,17-18H2,(H,28,32)/t22-/m0/s1. The lowest BCUT2D eigenvalue weighted by Crippen LogP contribution is -2.37. The summed E-state index contributed by atoms with van der Waals surface area (Å²) in [5.41, 5.74) is 4.22. The largest absolute Gasteiger partial charge is 0.348 e. The molecule has 1 amide bonds. The van der Waals surface area contributed by atoms with Gasteiger partial charge in [-0.2, -0.15) is 5.10 Å². The van der Waals surface area contributed by atoms with E-state index in [1.165, 1.54) is 5.56 Å². The molecule has 160 valence electrons. The molecule has 2 aromatic heterocycles. The van der Waals surface area contributed by atoms with E-state index in [2.05, 4.69) is 39.5 Å². The Kier molecular flexibility index (Phi) is 5.77. The lowest BCUT2D eigenvalue weighted by atomic mass is 10.1. The third-order valence-corrected chi connectivity index (χ3v) is 5.77.